The summed E-state index contributed by atoms with van der Waals surface area (Å²) in [7, 11) is 0. The highest BCUT2D eigenvalue weighted by Gasteiger charge is 2.17. The second-order valence-electron chi connectivity index (χ2n) is 5.43. The maximum atomic E-state index is 8.89. The van der Waals surface area contributed by atoms with Crippen LogP contribution in [0.2, 0.25) is 0 Å². The van der Waals surface area contributed by atoms with Crippen molar-refractivity contribution >= 4 is 0 Å². The fraction of sp³-hybridized carbons (Fsp3) is 0.692. The fourth-order valence-corrected chi connectivity index (χ4v) is 1.80. The molecule has 0 saturated heterocycles. The Balaban J connectivity index is 2.50. The Labute approximate surface area is 98.1 Å². The van der Waals surface area contributed by atoms with Crippen LogP contribution in [0.25, 0.3) is 0 Å². The molecule has 0 fully saturated rings. The van der Waals surface area contributed by atoms with E-state index in [1.54, 1.807) is 6.26 Å². The Morgan fingerprint density at radius 3 is 2.62 bits per heavy atom. The number of furan rings is 1. The zero-order valence-corrected chi connectivity index (χ0v) is 10.6. The molecule has 3 nitrogen and oxygen atoms in total. The molecular formula is C13H23NO2. The molecule has 0 spiro atoms. The Hall–Kier alpha value is -0.800. The summed E-state index contributed by atoms with van der Waals surface area (Å²) in [5.74, 6) is 0.988. The molecule has 1 N–H and O–H groups in total. The Morgan fingerprint density at radius 1 is 1.38 bits per heavy atom. The minimum Gasteiger partial charge on any atom is -0.468 e. The molecular weight excluding hydrogens is 202 g/mol. The molecule has 0 aromatic carbocycles. The molecule has 16 heavy (non-hydrogen) atoms. The molecule has 1 aromatic rings. The number of hydrogen-bond donors (Lipinski definition) is 1. The van der Waals surface area contributed by atoms with E-state index in [4.69, 9.17) is 9.52 Å². The maximum Gasteiger partial charge on any atom is 0.117 e. The van der Waals surface area contributed by atoms with Gasteiger partial charge in [0.15, 0.2) is 0 Å². The zero-order chi connectivity index (χ0) is 12.0. The quantitative estimate of drug-likeness (QED) is 0.808. The summed E-state index contributed by atoms with van der Waals surface area (Å²) >= 11 is 0. The minimum absolute atomic E-state index is 0.249. The molecule has 0 unspecified atom stereocenters. The van der Waals surface area contributed by atoms with Crippen LogP contribution in [0.15, 0.2) is 22.8 Å². The van der Waals surface area contributed by atoms with Crippen LogP contribution in [0, 0.1) is 5.41 Å². The molecule has 3 heteroatoms. The van der Waals surface area contributed by atoms with E-state index in [1.165, 1.54) is 0 Å². The van der Waals surface area contributed by atoms with Crippen molar-refractivity contribution in [2.75, 3.05) is 19.7 Å². The summed E-state index contributed by atoms with van der Waals surface area (Å²) in [6.07, 6.45) is 2.52. The summed E-state index contributed by atoms with van der Waals surface area (Å²) in [4.78, 5) is 2.33. The smallest absolute Gasteiger partial charge is 0.117 e. The molecule has 1 heterocycles. The summed E-state index contributed by atoms with van der Waals surface area (Å²) in [6.45, 7) is 9.66. The summed E-state index contributed by atoms with van der Waals surface area (Å²) in [6, 6.07) is 3.91. The van der Waals surface area contributed by atoms with E-state index in [0.29, 0.717) is 0 Å². The van der Waals surface area contributed by atoms with Gasteiger partial charge < -0.3 is 9.52 Å². The molecule has 0 aliphatic heterocycles. The Bertz CT molecular complexity index is 275. The molecule has 0 radical (unpaired) electrons. The predicted octanol–water partition coefficient (Wildman–Crippen LogP) is 2.51. The molecule has 0 aliphatic rings. The molecule has 0 saturated carbocycles. The fourth-order valence-electron chi connectivity index (χ4n) is 1.80. The number of rotatable bonds is 6. The van der Waals surface area contributed by atoms with Gasteiger partial charge in [0.1, 0.15) is 5.76 Å². The molecule has 0 bridgehead atoms. The molecule has 1 aromatic heterocycles. The van der Waals surface area contributed by atoms with E-state index >= 15 is 0 Å². The van der Waals surface area contributed by atoms with Gasteiger partial charge in [-0.05, 0) is 24.0 Å². The number of nitrogens with zero attached hydrogens (tertiary/aromatic N) is 1. The standard InChI is InChI=1S/C13H23NO2/c1-13(2,3)11-14(7-5-8-15)10-12-6-4-9-16-12/h4,6,9,15H,5,7-8,10-11H2,1-3H3. The van der Waals surface area contributed by atoms with E-state index in [-0.39, 0.29) is 12.0 Å². The second-order valence-corrected chi connectivity index (χ2v) is 5.43. The lowest BCUT2D eigenvalue weighted by Gasteiger charge is -2.29. The topological polar surface area (TPSA) is 36.6 Å². The zero-order valence-electron chi connectivity index (χ0n) is 10.6. The van der Waals surface area contributed by atoms with Crippen molar-refractivity contribution in [1.82, 2.24) is 4.90 Å². The van der Waals surface area contributed by atoms with Gasteiger partial charge in [0.2, 0.25) is 0 Å². The third-order valence-electron chi connectivity index (χ3n) is 2.29. The van der Waals surface area contributed by atoms with E-state index in [9.17, 15) is 0 Å². The van der Waals surface area contributed by atoms with Crippen molar-refractivity contribution in [3.05, 3.63) is 24.2 Å². The van der Waals surface area contributed by atoms with E-state index in [1.807, 2.05) is 12.1 Å². The molecule has 92 valence electrons. The van der Waals surface area contributed by atoms with Crippen molar-refractivity contribution in [2.45, 2.75) is 33.7 Å². The second kappa shape index (κ2) is 6.06. The highest BCUT2D eigenvalue weighted by Crippen LogP contribution is 2.17. The largest absolute Gasteiger partial charge is 0.468 e. The van der Waals surface area contributed by atoms with Crippen LogP contribution < -0.4 is 0 Å². The van der Waals surface area contributed by atoms with Gasteiger partial charge >= 0.3 is 0 Å². The third kappa shape index (κ3) is 5.33. The highest BCUT2D eigenvalue weighted by molar-refractivity contribution is 4.98. The van der Waals surface area contributed by atoms with Gasteiger partial charge in [-0.1, -0.05) is 20.8 Å². The van der Waals surface area contributed by atoms with Crippen molar-refractivity contribution in [1.29, 1.82) is 0 Å². The maximum absolute atomic E-state index is 8.89. The van der Waals surface area contributed by atoms with Gasteiger partial charge in [0.05, 0.1) is 12.8 Å². The van der Waals surface area contributed by atoms with Crippen molar-refractivity contribution in [3.8, 4) is 0 Å². The van der Waals surface area contributed by atoms with Crippen LogP contribution in [0.4, 0.5) is 0 Å². The SMILES string of the molecule is CC(C)(C)CN(CCCO)Cc1ccco1. The number of hydrogen-bond acceptors (Lipinski definition) is 3. The molecule has 0 atom stereocenters. The first kappa shape index (κ1) is 13.3. The minimum atomic E-state index is 0.249. The van der Waals surface area contributed by atoms with Crippen molar-refractivity contribution < 1.29 is 9.52 Å². The number of aliphatic hydroxyl groups excluding tert-OH is 1. The average Bonchev–Trinajstić information content (AvgIpc) is 2.64. The van der Waals surface area contributed by atoms with Gasteiger partial charge in [-0.15, -0.1) is 0 Å². The molecule has 0 aliphatic carbocycles. The van der Waals surface area contributed by atoms with Crippen molar-refractivity contribution in [2.24, 2.45) is 5.41 Å². The van der Waals surface area contributed by atoms with E-state index < -0.39 is 0 Å². The Kier molecular flexibility index (Phi) is 5.03. The number of aliphatic hydroxyl groups is 1. The summed E-state index contributed by atoms with van der Waals surface area (Å²) in [5.41, 5.74) is 0.266. The van der Waals surface area contributed by atoms with Crippen molar-refractivity contribution in [3.63, 3.8) is 0 Å². The van der Waals surface area contributed by atoms with E-state index in [0.717, 1.165) is 31.8 Å². The van der Waals surface area contributed by atoms with Gasteiger partial charge in [-0.3, -0.25) is 4.90 Å². The van der Waals surface area contributed by atoms with Gasteiger partial charge in [0, 0.05) is 19.7 Å². The first-order valence-corrected chi connectivity index (χ1v) is 5.87. The van der Waals surface area contributed by atoms with E-state index in [2.05, 4.69) is 25.7 Å². The van der Waals surface area contributed by atoms with Crippen LogP contribution in [0.3, 0.4) is 0 Å². The monoisotopic (exact) mass is 225 g/mol. The van der Waals surface area contributed by atoms with Gasteiger partial charge in [0.25, 0.3) is 0 Å². The Morgan fingerprint density at radius 2 is 2.12 bits per heavy atom. The summed E-state index contributed by atoms with van der Waals surface area (Å²) < 4.78 is 5.35. The van der Waals surface area contributed by atoms with Crippen LogP contribution in [-0.2, 0) is 6.54 Å². The molecule has 0 amide bonds. The van der Waals surface area contributed by atoms with Crippen LogP contribution in [0.1, 0.15) is 33.0 Å². The average molecular weight is 225 g/mol. The third-order valence-corrected chi connectivity index (χ3v) is 2.29. The highest BCUT2D eigenvalue weighted by atomic mass is 16.3. The first-order chi connectivity index (χ1) is 7.51. The van der Waals surface area contributed by atoms with Gasteiger partial charge in [-0.2, -0.15) is 0 Å². The summed E-state index contributed by atoms with van der Waals surface area (Å²) in [5, 5.41) is 8.89. The lowest BCUT2D eigenvalue weighted by molar-refractivity contribution is 0.157. The normalized spacial score (nSPS) is 12.3. The van der Waals surface area contributed by atoms with Crippen LogP contribution in [-0.4, -0.2) is 29.7 Å². The van der Waals surface area contributed by atoms with Crippen LogP contribution in [0.5, 0.6) is 0 Å². The van der Waals surface area contributed by atoms with Gasteiger partial charge in [-0.25, -0.2) is 0 Å². The lowest BCUT2D eigenvalue weighted by atomic mass is 9.96. The molecule has 1 rings (SSSR count). The lowest BCUT2D eigenvalue weighted by Crippen LogP contribution is -2.33. The predicted molar refractivity (Wildman–Crippen MR) is 65.1 cm³/mol. The first-order valence-electron chi connectivity index (χ1n) is 5.87. The van der Waals surface area contributed by atoms with Crippen LogP contribution >= 0.6 is 0 Å².